The molecule has 3 aromatic heterocycles. The fourth-order valence-corrected chi connectivity index (χ4v) is 4.45. The Balaban J connectivity index is 1.64. The first kappa shape index (κ1) is 15.3. The number of amides is 1. The molecule has 122 valence electrons. The molecule has 0 fully saturated rings. The Morgan fingerprint density at radius 3 is 2.92 bits per heavy atom. The average molecular weight is 357 g/mol. The average Bonchev–Trinajstić information content (AvgIpc) is 3.26. The number of hydrogen-bond donors (Lipinski definition) is 1. The number of thiophene rings is 1. The number of imidazole rings is 1. The van der Waals surface area contributed by atoms with Crippen LogP contribution >= 0.6 is 22.7 Å². The molecule has 0 radical (unpaired) electrons. The lowest BCUT2D eigenvalue weighted by Crippen LogP contribution is -2.32. The summed E-state index contributed by atoms with van der Waals surface area (Å²) in [5.74, 6) is -0.0696. The summed E-state index contributed by atoms with van der Waals surface area (Å²) in [7, 11) is 0. The molecule has 1 amide bonds. The lowest BCUT2D eigenvalue weighted by molar-refractivity contribution is 0.0713. The molecule has 0 aliphatic rings. The molecule has 0 saturated carbocycles. The zero-order valence-electron chi connectivity index (χ0n) is 12.8. The van der Waals surface area contributed by atoms with Gasteiger partial charge in [-0.05, 0) is 11.6 Å². The van der Waals surface area contributed by atoms with Crippen molar-refractivity contribution >= 4 is 43.9 Å². The molecule has 0 atom stereocenters. The van der Waals surface area contributed by atoms with E-state index >= 15 is 0 Å². The maximum Gasteiger partial charge on any atom is 0.264 e. The van der Waals surface area contributed by atoms with Gasteiger partial charge in [-0.3, -0.25) is 9.20 Å². The van der Waals surface area contributed by atoms with Gasteiger partial charge in [-0.15, -0.1) is 22.7 Å². The van der Waals surface area contributed by atoms with Gasteiger partial charge in [0.1, 0.15) is 4.83 Å². The highest BCUT2D eigenvalue weighted by molar-refractivity contribution is 7.21. The van der Waals surface area contributed by atoms with E-state index in [9.17, 15) is 9.90 Å². The molecule has 0 aliphatic heterocycles. The van der Waals surface area contributed by atoms with Gasteiger partial charge in [0, 0.05) is 24.7 Å². The molecule has 5 nitrogen and oxygen atoms in total. The van der Waals surface area contributed by atoms with Gasteiger partial charge in [-0.1, -0.05) is 30.3 Å². The van der Waals surface area contributed by atoms with Gasteiger partial charge in [0.2, 0.25) is 0 Å². The maximum atomic E-state index is 12.9. The minimum atomic E-state index is -0.0696. The maximum absolute atomic E-state index is 12.9. The summed E-state index contributed by atoms with van der Waals surface area (Å²) >= 11 is 2.98. The molecule has 4 aromatic rings. The van der Waals surface area contributed by atoms with E-state index in [1.165, 1.54) is 11.3 Å². The first-order valence-corrected chi connectivity index (χ1v) is 9.25. The highest BCUT2D eigenvalue weighted by Gasteiger charge is 2.20. The van der Waals surface area contributed by atoms with E-state index < -0.39 is 0 Å². The number of aliphatic hydroxyl groups is 1. The van der Waals surface area contributed by atoms with Crippen LogP contribution in [-0.4, -0.2) is 38.4 Å². The first-order chi connectivity index (χ1) is 11.8. The van der Waals surface area contributed by atoms with Crippen molar-refractivity contribution in [1.29, 1.82) is 0 Å². The molecular formula is C17H15N3O2S2. The highest BCUT2D eigenvalue weighted by Crippen LogP contribution is 2.29. The largest absolute Gasteiger partial charge is 0.395 e. The van der Waals surface area contributed by atoms with Crippen LogP contribution in [0.3, 0.4) is 0 Å². The summed E-state index contributed by atoms with van der Waals surface area (Å²) in [6.07, 6.45) is 1.96. The van der Waals surface area contributed by atoms with Gasteiger partial charge in [0.05, 0.1) is 17.0 Å². The SMILES string of the molecule is O=C(c1cc2c(nc3sccn32)s1)N(CCO)Cc1ccccc1. The van der Waals surface area contributed by atoms with Crippen molar-refractivity contribution in [2.24, 2.45) is 0 Å². The third-order valence-corrected chi connectivity index (χ3v) is 5.59. The number of carbonyl (C=O) groups excluding carboxylic acids is 1. The third kappa shape index (κ3) is 2.71. The van der Waals surface area contributed by atoms with Gasteiger partial charge in [-0.2, -0.15) is 0 Å². The lowest BCUT2D eigenvalue weighted by Gasteiger charge is -2.21. The van der Waals surface area contributed by atoms with E-state index in [2.05, 4.69) is 4.98 Å². The second kappa shape index (κ2) is 6.35. The van der Waals surface area contributed by atoms with E-state index in [1.54, 1.807) is 16.2 Å². The number of nitrogens with zero attached hydrogens (tertiary/aromatic N) is 3. The van der Waals surface area contributed by atoms with Crippen molar-refractivity contribution in [3.8, 4) is 0 Å². The summed E-state index contributed by atoms with van der Waals surface area (Å²) in [4.78, 5) is 21.6. The predicted molar refractivity (Wildman–Crippen MR) is 96.7 cm³/mol. The van der Waals surface area contributed by atoms with Gasteiger partial charge >= 0.3 is 0 Å². The molecule has 24 heavy (non-hydrogen) atoms. The zero-order valence-corrected chi connectivity index (χ0v) is 14.4. The summed E-state index contributed by atoms with van der Waals surface area (Å²) in [5, 5.41) is 11.3. The summed E-state index contributed by atoms with van der Waals surface area (Å²) < 4.78 is 2.00. The Bertz CT molecular complexity index is 987. The number of rotatable bonds is 5. The van der Waals surface area contributed by atoms with Crippen LogP contribution in [0.2, 0.25) is 0 Å². The molecule has 0 unspecified atom stereocenters. The molecule has 0 saturated heterocycles. The van der Waals surface area contributed by atoms with Crippen molar-refractivity contribution < 1.29 is 9.90 Å². The standard InChI is InChI=1S/C17H15N3O2S2/c21-8-6-19(11-12-4-2-1-3-5-12)16(22)14-10-13-15(24-14)18-17-20(13)7-9-23-17/h1-5,7,9-10,21H,6,8,11H2. The fourth-order valence-electron chi connectivity index (χ4n) is 2.69. The van der Waals surface area contributed by atoms with E-state index in [4.69, 9.17) is 0 Å². The number of aliphatic hydroxyl groups excluding tert-OH is 1. The topological polar surface area (TPSA) is 57.8 Å². The van der Waals surface area contributed by atoms with Gasteiger partial charge in [0.25, 0.3) is 5.91 Å². The molecule has 0 bridgehead atoms. The van der Waals surface area contributed by atoms with Crippen LogP contribution in [0.15, 0.2) is 48.0 Å². The van der Waals surface area contributed by atoms with Crippen LogP contribution in [-0.2, 0) is 6.54 Å². The third-order valence-electron chi connectivity index (χ3n) is 3.82. The van der Waals surface area contributed by atoms with E-state index in [0.29, 0.717) is 18.0 Å². The first-order valence-electron chi connectivity index (χ1n) is 7.55. The minimum absolute atomic E-state index is 0.0581. The van der Waals surface area contributed by atoms with Gasteiger partial charge in [-0.25, -0.2) is 4.98 Å². The Morgan fingerprint density at radius 1 is 1.29 bits per heavy atom. The predicted octanol–water partition coefficient (Wildman–Crippen LogP) is 3.25. The Morgan fingerprint density at radius 2 is 2.12 bits per heavy atom. The number of carbonyl (C=O) groups is 1. The molecule has 0 spiro atoms. The molecule has 3 heterocycles. The summed E-state index contributed by atoms with van der Waals surface area (Å²) in [6.45, 7) is 0.735. The van der Waals surface area contributed by atoms with Crippen molar-refractivity contribution in [3.63, 3.8) is 0 Å². The molecule has 1 aromatic carbocycles. The van der Waals surface area contributed by atoms with E-state index in [1.807, 2.05) is 52.4 Å². The number of aromatic nitrogens is 2. The fraction of sp³-hybridized carbons (Fsp3) is 0.176. The van der Waals surface area contributed by atoms with Gasteiger partial charge in [0.15, 0.2) is 4.96 Å². The molecule has 4 rings (SSSR count). The molecule has 1 N–H and O–H groups in total. The van der Waals surface area contributed by atoms with Crippen LogP contribution in [0.25, 0.3) is 15.3 Å². The van der Waals surface area contributed by atoms with E-state index in [0.717, 1.165) is 20.9 Å². The monoisotopic (exact) mass is 357 g/mol. The van der Waals surface area contributed by atoms with Crippen LogP contribution in [0.4, 0.5) is 0 Å². The summed E-state index contributed by atoms with van der Waals surface area (Å²) in [6, 6.07) is 11.7. The minimum Gasteiger partial charge on any atom is -0.395 e. The number of fused-ring (bicyclic) bond motifs is 3. The van der Waals surface area contributed by atoms with Crippen molar-refractivity contribution in [1.82, 2.24) is 14.3 Å². The van der Waals surface area contributed by atoms with Crippen LogP contribution in [0.5, 0.6) is 0 Å². The number of thiazole rings is 1. The van der Waals surface area contributed by atoms with Gasteiger partial charge < -0.3 is 10.0 Å². The van der Waals surface area contributed by atoms with Crippen LogP contribution in [0.1, 0.15) is 15.2 Å². The van der Waals surface area contributed by atoms with Crippen molar-refractivity contribution in [2.75, 3.05) is 13.2 Å². The normalized spacial score (nSPS) is 11.4. The van der Waals surface area contributed by atoms with Crippen molar-refractivity contribution in [3.05, 3.63) is 58.4 Å². The lowest BCUT2D eigenvalue weighted by atomic mass is 10.2. The zero-order chi connectivity index (χ0) is 16.5. The molecule has 0 aliphatic carbocycles. The summed E-state index contributed by atoms with van der Waals surface area (Å²) in [5.41, 5.74) is 2.01. The molecular weight excluding hydrogens is 342 g/mol. The highest BCUT2D eigenvalue weighted by atomic mass is 32.1. The second-order valence-corrected chi connectivity index (χ2v) is 7.31. The van der Waals surface area contributed by atoms with Crippen molar-refractivity contribution in [2.45, 2.75) is 6.54 Å². The number of benzene rings is 1. The second-order valence-electron chi connectivity index (χ2n) is 5.40. The number of hydrogen-bond acceptors (Lipinski definition) is 5. The van der Waals surface area contributed by atoms with Crippen LogP contribution < -0.4 is 0 Å². The Kier molecular flexibility index (Phi) is 4.05. The quantitative estimate of drug-likeness (QED) is 0.596. The Hall–Kier alpha value is -2.22. The smallest absolute Gasteiger partial charge is 0.264 e. The van der Waals surface area contributed by atoms with E-state index in [-0.39, 0.29) is 12.5 Å². The Labute approximate surface area is 146 Å². The molecule has 7 heteroatoms. The van der Waals surface area contributed by atoms with Crippen LogP contribution in [0, 0.1) is 0 Å².